The highest BCUT2D eigenvalue weighted by Crippen LogP contribution is 2.20. The van der Waals surface area contributed by atoms with Crippen LogP contribution in [0.25, 0.3) is 16.7 Å². The van der Waals surface area contributed by atoms with Crippen LogP contribution < -0.4 is 11.1 Å². The number of para-hydroxylation sites is 1. The highest BCUT2D eigenvalue weighted by molar-refractivity contribution is 6.38. The molecule has 4 aromatic rings. The summed E-state index contributed by atoms with van der Waals surface area (Å²) in [5.74, 6) is -2.06. The predicted octanol–water partition coefficient (Wildman–Crippen LogP) is 1.14. The molecule has 0 saturated carbocycles. The number of ketones is 1. The number of aromatic nitrogens is 4. The van der Waals surface area contributed by atoms with Gasteiger partial charge in [0.1, 0.15) is 18.1 Å². The van der Waals surface area contributed by atoms with Crippen molar-refractivity contribution >= 4 is 28.5 Å². The first-order chi connectivity index (χ1) is 14.5. The molecule has 150 valence electrons. The quantitative estimate of drug-likeness (QED) is 0.398. The molecule has 0 saturated heterocycles. The Hall–Kier alpha value is -4.27. The molecule has 0 fully saturated rings. The van der Waals surface area contributed by atoms with Gasteiger partial charge in [0, 0.05) is 11.8 Å². The van der Waals surface area contributed by atoms with Crippen molar-refractivity contribution in [1.29, 1.82) is 0 Å². The van der Waals surface area contributed by atoms with E-state index in [0.717, 1.165) is 16.5 Å². The van der Waals surface area contributed by atoms with E-state index in [1.165, 1.54) is 17.1 Å². The molecular weight excluding hydrogens is 384 g/mol. The first-order valence-corrected chi connectivity index (χ1v) is 9.19. The Morgan fingerprint density at radius 2 is 1.80 bits per heavy atom. The maximum atomic E-state index is 13.0. The van der Waals surface area contributed by atoms with E-state index in [1.807, 2.05) is 30.3 Å². The summed E-state index contributed by atoms with van der Waals surface area (Å²) >= 11 is 0. The van der Waals surface area contributed by atoms with E-state index in [-0.39, 0.29) is 12.1 Å². The maximum Gasteiger partial charge on any atom is 0.287 e. The van der Waals surface area contributed by atoms with Crippen LogP contribution in [-0.4, -0.2) is 43.4 Å². The summed E-state index contributed by atoms with van der Waals surface area (Å²) in [6.45, 7) is 0. The number of fused-ring (bicyclic) bond motifs is 1. The molecule has 0 bridgehead atoms. The SMILES string of the molecule is NC(=O)C(=O)[C@H](Cc1ccccc1)NC(=O)c1cncn1-c1n[nH]c2ccccc12. The lowest BCUT2D eigenvalue weighted by Crippen LogP contribution is -2.47. The molecule has 2 aromatic carbocycles. The lowest BCUT2D eigenvalue weighted by Gasteiger charge is -2.16. The number of nitrogens with one attached hydrogen (secondary N) is 2. The number of benzene rings is 2. The molecule has 0 radical (unpaired) electrons. The van der Waals surface area contributed by atoms with Crippen LogP contribution in [0.3, 0.4) is 0 Å². The van der Waals surface area contributed by atoms with Crippen molar-refractivity contribution in [2.45, 2.75) is 12.5 Å². The molecule has 1 atom stereocenters. The van der Waals surface area contributed by atoms with Gasteiger partial charge in [-0.1, -0.05) is 42.5 Å². The van der Waals surface area contributed by atoms with Crippen molar-refractivity contribution in [2.75, 3.05) is 0 Å². The van der Waals surface area contributed by atoms with Gasteiger partial charge in [0.25, 0.3) is 11.8 Å². The zero-order valence-electron chi connectivity index (χ0n) is 15.8. The number of nitrogens with zero attached hydrogens (tertiary/aromatic N) is 3. The third-order valence-corrected chi connectivity index (χ3v) is 4.70. The fraction of sp³-hybridized carbons (Fsp3) is 0.0952. The van der Waals surface area contributed by atoms with Crippen LogP contribution in [0, 0.1) is 0 Å². The van der Waals surface area contributed by atoms with Crippen LogP contribution in [0.4, 0.5) is 0 Å². The van der Waals surface area contributed by atoms with E-state index in [1.54, 1.807) is 24.3 Å². The highest BCUT2D eigenvalue weighted by atomic mass is 16.2. The van der Waals surface area contributed by atoms with E-state index in [9.17, 15) is 14.4 Å². The fourth-order valence-electron chi connectivity index (χ4n) is 3.23. The monoisotopic (exact) mass is 402 g/mol. The molecule has 2 amide bonds. The number of nitrogens with two attached hydrogens (primary N) is 1. The number of hydrogen-bond acceptors (Lipinski definition) is 5. The highest BCUT2D eigenvalue weighted by Gasteiger charge is 2.27. The lowest BCUT2D eigenvalue weighted by atomic mass is 10.0. The second kappa shape index (κ2) is 8.00. The number of hydrogen-bond donors (Lipinski definition) is 3. The van der Waals surface area contributed by atoms with Gasteiger partial charge in [0.2, 0.25) is 5.78 Å². The summed E-state index contributed by atoms with van der Waals surface area (Å²) in [6, 6.07) is 15.4. The average Bonchev–Trinajstić information content (AvgIpc) is 3.40. The molecule has 0 spiro atoms. The van der Waals surface area contributed by atoms with E-state index >= 15 is 0 Å². The van der Waals surface area contributed by atoms with Gasteiger partial charge in [-0.15, -0.1) is 0 Å². The van der Waals surface area contributed by atoms with Crippen molar-refractivity contribution in [3.8, 4) is 5.82 Å². The van der Waals surface area contributed by atoms with E-state index in [2.05, 4.69) is 20.5 Å². The minimum absolute atomic E-state index is 0.133. The van der Waals surface area contributed by atoms with Crippen molar-refractivity contribution < 1.29 is 14.4 Å². The maximum absolute atomic E-state index is 13.0. The molecule has 9 heteroatoms. The number of aromatic amines is 1. The molecule has 0 unspecified atom stereocenters. The largest absolute Gasteiger partial charge is 0.363 e. The minimum Gasteiger partial charge on any atom is -0.363 e. The van der Waals surface area contributed by atoms with Gasteiger partial charge >= 0.3 is 0 Å². The van der Waals surface area contributed by atoms with Crippen LogP contribution in [0.15, 0.2) is 67.1 Å². The Labute approximate surface area is 170 Å². The molecule has 2 heterocycles. The second-order valence-corrected chi connectivity index (χ2v) is 6.69. The summed E-state index contributed by atoms with van der Waals surface area (Å²) in [7, 11) is 0. The van der Waals surface area contributed by atoms with Crippen LogP contribution in [0.2, 0.25) is 0 Å². The summed E-state index contributed by atoms with van der Waals surface area (Å²) in [6.07, 6.45) is 2.96. The zero-order valence-corrected chi connectivity index (χ0v) is 15.8. The third kappa shape index (κ3) is 3.68. The first-order valence-electron chi connectivity index (χ1n) is 9.19. The minimum atomic E-state index is -1.11. The fourth-order valence-corrected chi connectivity index (χ4v) is 3.23. The van der Waals surface area contributed by atoms with Gasteiger partial charge < -0.3 is 11.1 Å². The van der Waals surface area contributed by atoms with Crippen LogP contribution in [0.1, 0.15) is 16.1 Å². The Kier molecular flexibility index (Phi) is 5.08. The third-order valence-electron chi connectivity index (χ3n) is 4.70. The molecule has 9 nitrogen and oxygen atoms in total. The topological polar surface area (TPSA) is 136 Å². The van der Waals surface area contributed by atoms with Crippen molar-refractivity contribution in [3.05, 3.63) is 78.4 Å². The molecule has 0 aliphatic heterocycles. The average molecular weight is 402 g/mol. The Morgan fingerprint density at radius 3 is 2.57 bits per heavy atom. The summed E-state index contributed by atoms with van der Waals surface area (Å²) in [5, 5.41) is 10.6. The van der Waals surface area contributed by atoms with Gasteiger partial charge in [-0.2, -0.15) is 5.10 Å². The van der Waals surface area contributed by atoms with Crippen LogP contribution >= 0.6 is 0 Å². The Morgan fingerprint density at radius 1 is 1.07 bits per heavy atom. The number of carbonyl (C=O) groups excluding carboxylic acids is 3. The number of H-pyrrole nitrogens is 1. The number of Topliss-reactive ketones (excluding diaryl/α,β-unsaturated/α-hetero) is 1. The van der Waals surface area contributed by atoms with E-state index < -0.39 is 23.6 Å². The first kappa shape index (κ1) is 19.1. The van der Waals surface area contributed by atoms with Crippen LogP contribution in [-0.2, 0) is 16.0 Å². The predicted molar refractivity (Wildman–Crippen MR) is 109 cm³/mol. The number of primary amides is 1. The summed E-state index contributed by atoms with van der Waals surface area (Å²) in [4.78, 5) is 40.8. The molecule has 0 aliphatic rings. The van der Waals surface area contributed by atoms with Gasteiger partial charge in [0.05, 0.1) is 11.7 Å². The summed E-state index contributed by atoms with van der Waals surface area (Å²) in [5.41, 5.74) is 6.94. The standard InChI is InChI=1S/C21H18N6O3/c22-19(29)18(28)16(10-13-6-2-1-3-7-13)24-21(30)17-11-23-12-27(17)20-14-8-4-5-9-15(14)25-26-20/h1-9,11-12,16H,10H2,(H2,22,29)(H,24,30)(H,25,26)/t16-/m0/s1. The molecule has 4 rings (SSSR count). The normalized spacial score (nSPS) is 11.9. The summed E-state index contributed by atoms with van der Waals surface area (Å²) < 4.78 is 1.52. The van der Waals surface area contributed by atoms with Gasteiger partial charge in [0.15, 0.2) is 5.82 Å². The second-order valence-electron chi connectivity index (χ2n) is 6.69. The van der Waals surface area contributed by atoms with Gasteiger partial charge in [-0.25, -0.2) is 4.98 Å². The lowest BCUT2D eigenvalue weighted by molar-refractivity contribution is -0.137. The van der Waals surface area contributed by atoms with Crippen molar-refractivity contribution in [3.63, 3.8) is 0 Å². The molecule has 0 aliphatic carbocycles. The van der Waals surface area contributed by atoms with Gasteiger partial charge in [-0.05, 0) is 17.7 Å². The molecular formula is C21H18N6O3. The van der Waals surface area contributed by atoms with Crippen molar-refractivity contribution in [2.24, 2.45) is 5.73 Å². The number of amides is 2. The Bertz CT molecular complexity index is 1230. The van der Waals surface area contributed by atoms with Gasteiger partial charge in [-0.3, -0.25) is 24.0 Å². The van der Waals surface area contributed by atoms with E-state index in [4.69, 9.17) is 5.73 Å². The number of imidazole rings is 1. The Balaban J connectivity index is 1.63. The van der Waals surface area contributed by atoms with Crippen molar-refractivity contribution in [1.82, 2.24) is 25.1 Å². The smallest absolute Gasteiger partial charge is 0.287 e. The van der Waals surface area contributed by atoms with E-state index in [0.29, 0.717) is 5.82 Å². The molecule has 30 heavy (non-hydrogen) atoms. The molecule has 4 N–H and O–H groups in total. The molecule has 2 aromatic heterocycles. The number of carbonyl (C=O) groups is 3. The number of rotatable bonds is 7. The zero-order chi connectivity index (χ0) is 21.1. The van der Waals surface area contributed by atoms with Crippen LogP contribution in [0.5, 0.6) is 0 Å².